The summed E-state index contributed by atoms with van der Waals surface area (Å²) in [7, 11) is 0. The molecule has 1 N–H and O–H groups in total. The minimum absolute atomic E-state index is 0.526. The second-order valence-electron chi connectivity index (χ2n) is 7.79. The maximum atomic E-state index is 5.95. The molecule has 0 saturated carbocycles. The fraction of sp³-hybridized carbons (Fsp3) is 0.400. The summed E-state index contributed by atoms with van der Waals surface area (Å²) in [5.74, 6) is 2.59. The molecule has 0 radical (unpaired) electrons. The van der Waals surface area contributed by atoms with Crippen molar-refractivity contribution >= 4 is 5.82 Å². The highest BCUT2D eigenvalue weighted by Crippen LogP contribution is 2.34. The third-order valence-electron chi connectivity index (χ3n) is 5.86. The maximum Gasteiger partial charge on any atom is 0.133 e. The van der Waals surface area contributed by atoms with Gasteiger partial charge in [0.25, 0.3) is 0 Å². The van der Waals surface area contributed by atoms with Crippen molar-refractivity contribution in [2.24, 2.45) is 0 Å². The van der Waals surface area contributed by atoms with E-state index >= 15 is 0 Å². The molecule has 1 aliphatic rings. The largest absolute Gasteiger partial charge is 0.489 e. The number of nitrogens with zero attached hydrogens (tertiary/aromatic N) is 2. The summed E-state index contributed by atoms with van der Waals surface area (Å²) < 4.78 is 8.05. The van der Waals surface area contributed by atoms with E-state index in [0.717, 1.165) is 37.2 Å². The number of nitrogens with one attached hydrogen (secondary N) is 1. The molecule has 4 rings (SSSR count). The Balaban J connectivity index is 1.59. The van der Waals surface area contributed by atoms with Crippen molar-refractivity contribution in [3.63, 3.8) is 0 Å². The molecule has 3 aromatic rings. The summed E-state index contributed by atoms with van der Waals surface area (Å²) in [6.45, 7) is 6.13. The minimum atomic E-state index is 0.526. The van der Waals surface area contributed by atoms with Gasteiger partial charge in [0.1, 0.15) is 18.2 Å². The average Bonchev–Trinajstić information content (AvgIpc) is 2.95. The van der Waals surface area contributed by atoms with Gasteiger partial charge in [-0.25, -0.2) is 4.68 Å². The number of rotatable bonds is 7. The van der Waals surface area contributed by atoms with Gasteiger partial charge < -0.3 is 10.1 Å². The van der Waals surface area contributed by atoms with Crippen LogP contribution in [0.1, 0.15) is 62.3 Å². The normalized spacial score (nSPS) is 13.6. The summed E-state index contributed by atoms with van der Waals surface area (Å²) in [6, 6.07) is 18.6. The number of ether oxygens (including phenoxy) is 1. The Morgan fingerprint density at radius 3 is 2.48 bits per heavy atom. The van der Waals surface area contributed by atoms with Crippen LogP contribution in [0.3, 0.4) is 0 Å². The number of hydrogen-bond acceptors (Lipinski definition) is 3. The van der Waals surface area contributed by atoms with Crippen molar-refractivity contribution in [1.29, 1.82) is 0 Å². The molecule has 0 spiro atoms. The number of benzene rings is 2. The maximum absolute atomic E-state index is 5.95. The van der Waals surface area contributed by atoms with E-state index in [-0.39, 0.29) is 0 Å². The molecule has 0 atom stereocenters. The van der Waals surface area contributed by atoms with E-state index in [1.54, 1.807) is 0 Å². The van der Waals surface area contributed by atoms with Crippen LogP contribution in [0.2, 0.25) is 0 Å². The van der Waals surface area contributed by atoms with Crippen molar-refractivity contribution in [2.75, 3.05) is 11.9 Å². The van der Waals surface area contributed by atoms with E-state index in [9.17, 15) is 0 Å². The lowest BCUT2D eigenvalue weighted by Crippen LogP contribution is -2.07. The van der Waals surface area contributed by atoms with Crippen molar-refractivity contribution in [3.05, 3.63) is 71.4 Å². The topological polar surface area (TPSA) is 39.1 Å². The predicted octanol–water partition coefficient (Wildman–Crippen LogP) is 6.10. The Morgan fingerprint density at radius 1 is 1.00 bits per heavy atom. The van der Waals surface area contributed by atoms with Gasteiger partial charge in [0.05, 0.1) is 11.4 Å². The van der Waals surface area contributed by atoms with E-state index in [4.69, 9.17) is 9.84 Å². The molecule has 4 nitrogen and oxygen atoms in total. The summed E-state index contributed by atoms with van der Waals surface area (Å²) in [4.78, 5) is 0. The van der Waals surface area contributed by atoms with Crippen LogP contribution >= 0.6 is 0 Å². The molecule has 0 unspecified atom stereocenters. The highest BCUT2D eigenvalue weighted by atomic mass is 16.5. The van der Waals surface area contributed by atoms with E-state index in [2.05, 4.69) is 48.1 Å². The molecular formula is C25H31N3O. The standard InChI is InChI=1S/C25H31N3O/c1-3-20(4-2)24-23-12-8-9-17-26-25(23)28(27-24)21-13-15-22(16-14-21)29-18-19-10-6-5-7-11-19/h5-7,10-11,13-16,20,26H,3-4,8-9,12,17-18H2,1-2H3. The summed E-state index contributed by atoms with van der Waals surface area (Å²) in [5, 5.41) is 8.73. The van der Waals surface area contributed by atoms with Crippen LogP contribution in [0.25, 0.3) is 5.69 Å². The molecule has 2 aromatic carbocycles. The second kappa shape index (κ2) is 9.17. The molecule has 0 amide bonds. The Morgan fingerprint density at radius 2 is 1.76 bits per heavy atom. The van der Waals surface area contributed by atoms with Gasteiger partial charge >= 0.3 is 0 Å². The molecule has 0 saturated heterocycles. The lowest BCUT2D eigenvalue weighted by Gasteiger charge is -2.11. The van der Waals surface area contributed by atoms with Gasteiger partial charge in [0.15, 0.2) is 0 Å². The third-order valence-corrected chi connectivity index (χ3v) is 5.86. The Hall–Kier alpha value is -2.75. The zero-order valence-corrected chi connectivity index (χ0v) is 17.5. The van der Waals surface area contributed by atoms with Crippen LogP contribution in [0, 0.1) is 0 Å². The third kappa shape index (κ3) is 4.31. The lowest BCUT2D eigenvalue weighted by atomic mass is 9.94. The van der Waals surface area contributed by atoms with Gasteiger partial charge in [-0.2, -0.15) is 5.10 Å². The number of anilines is 1. The highest BCUT2D eigenvalue weighted by Gasteiger charge is 2.24. The quantitative estimate of drug-likeness (QED) is 0.530. The van der Waals surface area contributed by atoms with Crippen LogP contribution < -0.4 is 10.1 Å². The van der Waals surface area contributed by atoms with E-state index in [0.29, 0.717) is 12.5 Å². The minimum Gasteiger partial charge on any atom is -0.489 e. The second-order valence-corrected chi connectivity index (χ2v) is 7.79. The first-order valence-electron chi connectivity index (χ1n) is 10.9. The van der Waals surface area contributed by atoms with Crippen molar-refractivity contribution in [1.82, 2.24) is 9.78 Å². The molecule has 0 aliphatic carbocycles. The molecule has 1 aliphatic heterocycles. The molecule has 0 fully saturated rings. The monoisotopic (exact) mass is 389 g/mol. The van der Waals surface area contributed by atoms with E-state index in [1.165, 1.54) is 35.5 Å². The Labute approximate surface area is 173 Å². The van der Waals surface area contributed by atoms with Crippen LogP contribution in [0.15, 0.2) is 54.6 Å². The molecule has 1 aromatic heterocycles. The van der Waals surface area contributed by atoms with Gasteiger partial charge in [-0.05, 0) is 61.9 Å². The molecule has 29 heavy (non-hydrogen) atoms. The van der Waals surface area contributed by atoms with Gasteiger partial charge in [0, 0.05) is 18.0 Å². The van der Waals surface area contributed by atoms with Crippen molar-refractivity contribution < 1.29 is 4.74 Å². The Bertz CT molecular complexity index is 911. The number of hydrogen-bond donors (Lipinski definition) is 1. The molecule has 4 heteroatoms. The first-order chi connectivity index (χ1) is 14.3. The first kappa shape index (κ1) is 19.6. The Kier molecular flexibility index (Phi) is 6.18. The van der Waals surface area contributed by atoms with Crippen LogP contribution in [-0.2, 0) is 13.0 Å². The van der Waals surface area contributed by atoms with Gasteiger partial charge in [0.2, 0.25) is 0 Å². The van der Waals surface area contributed by atoms with Gasteiger partial charge in [-0.15, -0.1) is 0 Å². The molecular weight excluding hydrogens is 358 g/mol. The average molecular weight is 390 g/mol. The number of aromatic nitrogens is 2. The first-order valence-corrected chi connectivity index (χ1v) is 10.9. The fourth-order valence-electron chi connectivity index (χ4n) is 4.14. The van der Waals surface area contributed by atoms with Gasteiger partial charge in [-0.3, -0.25) is 0 Å². The van der Waals surface area contributed by atoms with Crippen molar-refractivity contribution in [3.8, 4) is 11.4 Å². The zero-order valence-electron chi connectivity index (χ0n) is 17.5. The molecule has 2 heterocycles. The van der Waals surface area contributed by atoms with Crippen LogP contribution in [0.5, 0.6) is 5.75 Å². The smallest absolute Gasteiger partial charge is 0.133 e. The fourth-order valence-corrected chi connectivity index (χ4v) is 4.14. The zero-order chi connectivity index (χ0) is 20.1. The SMILES string of the molecule is CCC(CC)c1nn(-c2ccc(OCc3ccccc3)cc2)c2c1CCCCN2. The molecule has 152 valence electrons. The van der Waals surface area contributed by atoms with Gasteiger partial charge in [-0.1, -0.05) is 44.2 Å². The predicted molar refractivity (Wildman–Crippen MR) is 119 cm³/mol. The number of fused-ring (bicyclic) bond motifs is 1. The van der Waals surface area contributed by atoms with Crippen LogP contribution in [-0.4, -0.2) is 16.3 Å². The summed E-state index contributed by atoms with van der Waals surface area (Å²) in [5.41, 5.74) is 4.96. The van der Waals surface area contributed by atoms with Crippen molar-refractivity contribution in [2.45, 2.75) is 58.5 Å². The van der Waals surface area contributed by atoms with E-state index < -0.39 is 0 Å². The lowest BCUT2D eigenvalue weighted by molar-refractivity contribution is 0.306. The highest BCUT2D eigenvalue weighted by molar-refractivity contribution is 5.55. The van der Waals surface area contributed by atoms with Crippen LogP contribution in [0.4, 0.5) is 5.82 Å². The van der Waals surface area contributed by atoms with E-state index in [1.807, 2.05) is 30.3 Å². The summed E-state index contributed by atoms with van der Waals surface area (Å²) in [6.07, 6.45) is 5.82. The summed E-state index contributed by atoms with van der Waals surface area (Å²) >= 11 is 0. The molecule has 0 bridgehead atoms.